The Labute approximate surface area is 146 Å². The highest BCUT2D eigenvalue weighted by Crippen LogP contribution is 2.30. The fourth-order valence-electron chi connectivity index (χ4n) is 3.01. The minimum atomic E-state index is -4.37. The van der Waals surface area contributed by atoms with Crippen molar-refractivity contribution in [3.05, 3.63) is 35.4 Å². The molecule has 1 amide bonds. The van der Waals surface area contributed by atoms with Gasteiger partial charge in [0.1, 0.15) is 0 Å². The number of amides is 1. The SMILES string of the molecule is CCCNC(=O)C1CCN(C[C@@H](O)c2ccc(C(F)(F)F)cc2)CC1. The summed E-state index contributed by atoms with van der Waals surface area (Å²) in [7, 11) is 0. The topological polar surface area (TPSA) is 52.6 Å². The largest absolute Gasteiger partial charge is 0.416 e. The molecule has 1 aromatic carbocycles. The molecule has 1 aliphatic rings. The summed E-state index contributed by atoms with van der Waals surface area (Å²) in [6, 6.07) is 4.61. The van der Waals surface area contributed by atoms with Crippen LogP contribution in [0.3, 0.4) is 0 Å². The van der Waals surface area contributed by atoms with Gasteiger partial charge in [-0.25, -0.2) is 0 Å². The number of carbonyl (C=O) groups excluding carboxylic acids is 1. The molecule has 25 heavy (non-hydrogen) atoms. The van der Waals surface area contributed by atoms with E-state index in [1.54, 1.807) is 0 Å². The number of nitrogens with one attached hydrogen (secondary N) is 1. The molecule has 0 spiro atoms. The zero-order valence-corrected chi connectivity index (χ0v) is 14.4. The third kappa shape index (κ3) is 5.71. The molecule has 0 saturated carbocycles. The third-order valence-corrected chi connectivity index (χ3v) is 4.56. The third-order valence-electron chi connectivity index (χ3n) is 4.56. The van der Waals surface area contributed by atoms with E-state index < -0.39 is 17.8 Å². The zero-order valence-electron chi connectivity index (χ0n) is 14.4. The second kappa shape index (κ2) is 8.67. The van der Waals surface area contributed by atoms with Crippen molar-refractivity contribution in [3.63, 3.8) is 0 Å². The minimum absolute atomic E-state index is 0.00557. The molecule has 0 aromatic heterocycles. The second-order valence-corrected chi connectivity index (χ2v) is 6.50. The van der Waals surface area contributed by atoms with Crippen molar-refractivity contribution >= 4 is 5.91 Å². The number of piperidine rings is 1. The summed E-state index contributed by atoms with van der Waals surface area (Å²) >= 11 is 0. The number of rotatable bonds is 6. The molecular weight excluding hydrogens is 333 g/mol. The summed E-state index contributed by atoms with van der Waals surface area (Å²) < 4.78 is 37.7. The van der Waals surface area contributed by atoms with Gasteiger partial charge in [-0.15, -0.1) is 0 Å². The average Bonchev–Trinajstić information content (AvgIpc) is 2.59. The zero-order chi connectivity index (χ0) is 18.4. The number of nitrogens with zero attached hydrogens (tertiary/aromatic N) is 1. The van der Waals surface area contributed by atoms with Crippen molar-refractivity contribution in [3.8, 4) is 0 Å². The lowest BCUT2D eigenvalue weighted by molar-refractivity contribution is -0.137. The van der Waals surface area contributed by atoms with E-state index in [1.165, 1.54) is 12.1 Å². The van der Waals surface area contributed by atoms with Crippen LogP contribution < -0.4 is 5.32 Å². The Morgan fingerprint density at radius 3 is 2.40 bits per heavy atom. The summed E-state index contributed by atoms with van der Waals surface area (Å²) in [4.78, 5) is 14.0. The van der Waals surface area contributed by atoms with Gasteiger partial charge in [-0.3, -0.25) is 4.79 Å². The Balaban J connectivity index is 1.82. The number of aliphatic hydroxyl groups excluding tert-OH is 1. The van der Waals surface area contributed by atoms with Crippen LogP contribution in [-0.2, 0) is 11.0 Å². The van der Waals surface area contributed by atoms with Crippen LogP contribution in [0, 0.1) is 5.92 Å². The van der Waals surface area contributed by atoms with Gasteiger partial charge in [0.15, 0.2) is 0 Å². The molecule has 1 saturated heterocycles. The van der Waals surface area contributed by atoms with Crippen LogP contribution in [0.2, 0.25) is 0 Å². The quantitative estimate of drug-likeness (QED) is 0.822. The summed E-state index contributed by atoms with van der Waals surface area (Å²) in [5, 5.41) is 13.2. The molecule has 2 N–H and O–H groups in total. The van der Waals surface area contributed by atoms with Crippen molar-refractivity contribution < 1.29 is 23.1 Å². The fraction of sp³-hybridized carbons (Fsp3) is 0.611. The Hall–Kier alpha value is -1.60. The highest BCUT2D eigenvalue weighted by atomic mass is 19.4. The van der Waals surface area contributed by atoms with Crippen LogP contribution in [0.5, 0.6) is 0 Å². The van der Waals surface area contributed by atoms with Crippen molar-refractivity contribution in [2.24, 2.45) is 5.92 Å². The van der Waals surface area contributed by atoms with E-state index in [0.717, 1.165) is 31.4 Å². The van der Waals surface area contributed by atoms with Crippen molar-refractivity contribution in [1.82, 2.24) is 10.2 Å². The predicted molar refractivity (Wildman–Crippen MR) is 88.9 cm³/mol. The van der Waals surface area contributed by atoms with E-state index in [1.807, 2.05) is 11.8 Å². The molecule has 0 bridgehead atoms. The summed E-state index contributed by atoms with van der Waals surface area (Å²) in [5.74, 6) is 0.0933. The van der Waals surface area contributed by atoms with Crippen LogP contribution in [0.1, 0.15) is 43.4 Å². The molecule has 1 fully saturated rings. The van der Waals surface area contributed by atoms with E-state index in [4.69, 9.17) is 0 Å². The van der Waals surface area contributed by atoms with E-state index in [0.29, 0.717) is 31.7 Å². The number of hydrogen-bond donors (Lipinski definition) is 2. The molecule has 7 heteroatoms. The summed E-state index contributed by atoms with van der Waals surface area (Å²) in [6.07, 6.45) is -2.84. The normalized spacial score (nSPS) is 18.1. The van der Waals surface area contributed by atoms with Crippen LogP contribution >= 0.6 is 0 Å². The van der Waals surface area contributed by atoms with Gasteiger partial charge in [0, 0.05) is 19.0 Å². The van der Waals surface area contributed by atoms with Crippen LogP contribution in [0.4, 0.5) is 13.2 Å². The maximum Gasteiger partial charge on any atom is 0.416 e. The molecule has 0 aliphatic carbocycles. The Morgan fingerprint density at radius 1 is 1.28 bits per heavy atom. The lowest BCUT2D eigenvalue weighted by atomic mass is 9.95. The minimum Gasteiger partial charge on any atom is -0.387 e. The number of aliphatic hydroxyl groups is 1. The van der Waals surface area contributed by atoms with Gasteiger partial charge in [0.2, 0.25) is 5.91 Å². The van der Waals surface area contributed by atoms with Crippen LogP contribution in [-0.4, -0.2) is 42.1 Å². The van der Waals surface area contributed by atoms with Gasteiger partial charge >= 0.3 is 6.18 Å². The number of halogens is 3. The van der Waals surface area contributed by atoms with Crippen molar-refractivity contribution in [1.29, 1.82) is 0 Å². The first-order chi connectivity index (χ1) is 11.8. The standard InChI is InChI=1S/C18H25F3N2O2/c1-2-9-22-17(25)14-7-10-23(11-8-14)12-16(24)13-3-5-15(6-4-13)18(19,20)21/h3-6,14,16,24H,2,7-12H2,1H3,(H,22,25)/t16-/m1/s1. The molecule has 1 aliphatic heterocycles. The van der Waals surface area contributed by atoms with Crippen molar-refractivity contribution in [2.75, 3.05) is 26.2 Å². The van der Waals surface area contributed by atoms with Crippen molar-refractivity contribution in [2.45, 2.75) is 38.5 Å². The van der Waals surface area contributed by atoms with Gasteiger partial charge in [-0.05, 0) is 50.0 Å². The molecular formula is C18H25F3N2O2. The summed E-state index contributed by atoms with van der Waals surface area (Å²) in [6.45, 7) is 4.44. The molecule has 0 unspecified atom stereocenters. The maximum atomic E-state index is 12.6. The highest BCUT2D eigenvalue weighted by Gasteiger charge is 2.30. The maximum absolute atomic E-state index is 12.6. The molecule has 1 aromatic rings. The van der Waals surface area contributed by atoms with Gasteiger partial charge < -0.3 is 15.3 Å². The van der Waals surface area contributed by atoms with Gasteiger partial charge in [0.25, 0.3) is 0 Å². The molecule has 0 radical (unpaired) electrons. The van der Waals surface area contributed by atoms with E-state index in [9.17, 15) is 23.1 Å². The van der Waals surface area contributed by atoms with Gasteiger partial charge in [0.05, 0.1) is 11.7 Å². The highest BCUT2D eigenvalue weighted by molar-refractivity contribution is 5.78. The Kier molecular flexibility index (Phi) is 6.84. The molecule has 4 nitrogen and oxygen atoms in total. The van der Waals surface area contributed by atoms with Gasteiger partial charge in [-0.1, -0.05) is 19.1 Å². The van der Waals surface area contributed by atoms with Crippen LogP contribution in [0.15, 0.2) is 24.3 Å². The number of alkyl halides is 3. The monoisotopic (exact) mass is 358 g/mol. The Morgan fingerprint density at radius 2 is 1.88 bits per heavy atom. The number of benzene rings is 1. The molecule has 1 heterocycles. The predicted octanol–water partition coefficient (Wildman–Crippen LogP) is 2.98. The van der Waals surface area contributed by atoms with Crippen LogP contribution in [0.25, 0.3) is 0 Å². The van der Waals surface area contributed by atoms with E-state index in [-0.39, 0.29) is 11.8 Å². The number of carbonyl (C=O) groups is 1. The average molecular weight is 358 g/mol. The van der Waals surface area contributed by atoms with E-state index >= 15 is 0 Å². The smallest absolute Gasteiger partial charge is 0.387 e. The lowest BCUT2D eigenvalue weighted by Crippen LogP contribution is -2.42. The number of hydrogen-bond acceptors (Lipinski definition) is 3. The second-order valence-electron chi connectivity index (χ2n) is 6.50. The first kappa shape index (κ1) is 19.7. The lowest BCUT2D eigenvalue weighted by Gasteiger charge is -2.32. The first-order valence-corrected chi connectivity index (χ1v) is 8.66. The number of likely N-dealkylation sites (tertiary alicyclic amines) is 1. The number of β-amino-alcohol motifs (C(OH)–C–C–N with tert-alkyl or cyclic N) is 1. The molecule has 2 rings (SSSR count). The first-order valence-electron chi connectivity index (χ1n) is 8.66. The summed E-state index contributed by atoms with van der Waals surface area (Å²) in [5.41, 5.74) is -0.252. The molecule has 1 atom stereocenters. The van der Waals surface area contributed by atoms with Gasteiger partial charge in [-0.2, -0.15) is 13.2 Å². The molecule has 140 valence electrons. The Bertz CT molecular complexity index is 552. The van der Waals surface area contributed by atoms with E-state index in [2.05, 4.69) is 5.32 Å². The fourth-order valence-corrected chi connectivity index (χ4v) is 3.01.